The first-order chi connectivity index (χ1) is 4.81. The van der Waals surface area contributed by atoms with E-state index < -0.39 is 0 Å². The second-order valence-electron chi connectivity index (χ2n) is 3.53. The van der Waals surface area contributed by atoms with Crippen molar-refractivity contribution in [2.75, 3.05) is 26.2 Å². The van der Waals surface area contributed by atoms with Gasteiger partial charge in [-0.2, -0.15) is 0 Å². The summed E-state index contributed by atoms with van der Waals surface area (Å²) in [4.78, 5) is 0. The molecule has 0 aliphatic carbocycles. The molecule has 2 heterocycles. The highest BCUT2D eigenvalue weighted by Gasteiger charge is 2.43. The van der Waals surface area contributed by atoms with Crippen LogP contribution in [0.1, 0.15) is 12.8 Å². The average molecular weight is 144 g/mol. The van der Waals surface area contributed by atoms with Crippen molar-refractivity contribution in [1.82, 2.24) is 10.4 Å². The van der Waals surface area contributed by atoms with Gasteiger partial charge in [-0.25, -0.2) is 0 Å². The van der Waals surface area contributed by atoms with Crippen LogP contribution in [0.2, 0.25) is 0 Å². The van der Waals surface area contributed by atoms with E-state index in [1.54, 1.807) is 0 Å². The van der Waals surface area contributed by atoms with Crippen molar-refractivity contribution >= 4 is 0 Å². The molecule has 0 unspecified atom stereocenters. The molecule has 2 nitrogen and oxygen atoms in total. The number of rotatable bonds is 0. The molecule has 0 bridgehead atoms. The number of hydrogen-bond donors (Lipinski definition) is 1. The lowest BCUT2D eigenvalue weighted by Gasteiger charge is -2.48. The van der Waals surface area contributed by atoms with Gasteiger partial charge in [0.05, 0.1) is 0 Å². The molecule has 0 saturated carbocycles. The van der Waals surface area contributed by atoms with Gasteiger partial charge < -0.3 is 5.32 Å². The summed E-state index contributed by atoms with van der Waals surface area (Å²) in [5, 5.41) is 4.20. The minimum Gasteiger partial charge on any atom is -0.317 e. The first-order valence-corrected chi connectivity index (χ1v) is 3.92. The van der Waals surface area contributed by atoms with Crippen molar-refractivity contribution in [1.29, 1.82) is 0 Å². The Kier molecular flexibility index (Phi) is 1.42. The Morgan fingerprint density at radius 1 is 1.20 bits per heavy atom. The molecule has 0 aromatic carbocycles. The van der Waals surface area contributed by atoms with Crippen LogP contribution in [0.3, 0.4) is 0 Å². The van der Waals surface area contributed by atoms with Crippen LogP contribution in [0.5, 0.6) is 0 Å². The molecule has 10 heavy (non-hydrogen) atoms. The van der Waals surface area contributed by atoms with Crippen LogP contribution >= 0.6 is 0 Å². The van der Waals surface area contributed by atoms with E-state index in [9.17, 15) is 4.48 Å². The van der Waals surface area contributed by atoms with Crippen molar-refractivity contribution in [3.05, 3.63) is 0 Å². The van der Waals surface area contributed by atoms with Crippen LogP contribution in [0.25, 0.3) is 0 Å². The van der Waals surface area contributed by atoms with E-state index in [1.807, 2.05) is 0 Å². The van der Waals surface area contributed by atoms with Crippen molar-refractivity contribution in [2.45, 2.75) is 12.8 Å². The topological polar surface area (TPSA) is 15.3 Å². The van der Waals surface area contributed by atoms with Gasteiger partial charge in [-0.15, -0.1) is 9.60 Å². The third-order valence-corrected chi connectivity index (χ3v) is 2.68. The van der Waals surface area contributed by atoms with Crippen LogP contribution in [0, 0.1) is 5.41 Å². The highest BCUT2D eigenvalue weighted by molar-refractivity contribution is 4.94. The summed E-state index contributed by atoms with van der Waals surface area (Å²) in [7, 11) is 0. The summed E-state index contributed by atoms with van der Waals surface area (Å²) in [6.07, 6.45) is 2.32. The van der Waals surface area contributed by atoms with Crippen LogP contribution in [-0.2, 0) is 0 Å². The van der Waals surface area contributed by atoms with E-state index in [0.29, 0.717) is 18.5 Å². The minimum atomic E-state index is 0.361. The third kappa shape index (κ3) is 0.935. The zero-order chi connectivity index (χ0) is 7.03. The first-order valence-electron chi connectivity index (χ1n) is 3.92. The lowest BCUT2D eigenvalue weighted by atomic mass is 9.74. The Morgan fingerprint density at radius 2 is 1.80 bits per heavy atom. The van der Waals surface area contributed by atoms with E-state index >= 15 is 0 Å². The standard InChI is InChI=1S/C7H13FN2/c8-10-5-7(6-10)1-3-9-4-2-7/h9H,1-6H2. The Bertz CT molecular complexity index is 116. The van der Waals surface area contributed by atoms with Gasteiger partial charge in [0.25, 0.3) is 0 Å². The Labute approximate surface area is 60.3 Å². The summed E-state index contributed by atoms with van der Waals surface area (Å²) in [6, 6.07) is 0. The van der Waals surface area contributed by atoms with Gasteiger partial charge in [0, 0.05) is 18.5 Å². The maximum atomic E-state index is 12.4. The molecule has 1 N–H and O–H groups in total. The van der Waals surface area contributed by atoms with E-state index in [1.165, 1.54) is 0 Å². The average Bonchev–Trinajstić information content (AvgIpc) is 1.87. The van der Waals surface area contributed by atoms with Gasteiger partial charge in [0.2, 0.25) is 0 Å². The molecule has 0 aromatic rings. The Hall–Kier alpha value is -0.150. The van der Waals surface area contributed by atoms with Crippen LogP contribution < -0.4 is 5.32 Å². The van der Waals surface area contributed by atoms with E-state index in [2.05, 4.69) is 5.32 Å². The summed E-state index contributed by atoms with van der Waals surface area (Å²) >= 11 is 0. The zero-order valence-corrected chi connectivity index (χ0v) is 6.07. The minimum absolute atomic E-state index is 0.361. The lowest BCUT2D eigenvalue weighted by molar-refractivity contribution is -0.144. The summed E-state index contributed by atoms with van der Waals surface area (Å²) in [6.45, 7) is 3.50. The number of halogens is 1. The van der Waals surface area contributed by atoms with Crippen molar-refractivity contribution in [3.63, 3.8) is 0 Å². The highest BCUT2D eigenvalue weighted by Crippen LogP contribution is 2.38. The molecule has 2 fully saturated rings. The fourth-order valence-corrected chi connectivity index (χ4v) is 1.95. The van der Waals surface area contributed by atoms with Gasteiger partial charge in [-0.3, -0.25) is 0 Å². The maximum absolute atomic E-state index is 12.4. The van der Waals surface area contributed by atoms with Gasteiger partial charge in [-0.1, -0.05) is 0 Å². The fourth-order valence-electron chi connectivity index (χ4n) is 1.95. The number of nitrogens with one attached hydrogen (secondary N) is 1. The van der Waals surface area contributed by atoms with E-state index in [4.69, 9.17) is 0 Å². The normalized spacial score (nSPS) is 32.1. The predicted octanol–water partition coefficient (Wildman–Crippen LogP) is 0.556. The van der Waals surface area contributed by atoms with Crippen LogP contribution in [-0.4, -0.2) is 31.3 Å². The molecule has 0 amide bonds. The van der Waals surface area contributed by atoms with Gasteiger partial charge in [0.15, 0.2) is 0 Å². The summed E-state index contributed by atoms with van der Waals surface area (Å²) in [5.41, 5.74) is 0.361. The van der Waals surface area contributed by atoms with E-state index in [0.717, 1.165) is 31.1 Å². The maximum Gasteiger partial charge on any atom is 0.0361 e. The monoisotopic (exact) mass is 144 g/mol. The molecular formula is C7H13FN2. The molecule has 58 valence electrons. The van der Waals surface area contributed by atoms with Crippen LogP contribution in [0.15, 0.2) is 0 Å². The second-order valence-corrected chi connectivity index (χ2v) is 3.53. The lowest BCUT2D eigenvalue weighted by Crippen LogP contribution is -2.56. The Morgan fingerprint density at radius 3 is 2.30 bits per heavy atom. The Balaban J connectivity index is 1.90. The molecular weight excluding hydrogens is 131 g/mol. The third-order valence-electron chi connectivity index (χ3n) is 2.68. The van der Waals surface area contributed by atoms with Crippen LogP contribution in [0.4, 0.5) is 4.48 Å². The first kappa shape index (κ1) is 6.55. The van der Waals surface area contributed by atoms with Gasteiger partial charge in [-0.05, 0) is 25.9 Å². The largest absolute Gasteiger partial charge is 0.317 e. The molecule has 0 aromatic heterocycles. The molecule has 3 heteroatoms. The summed E-state index contributed by atoms with van der Waals surface area (Å²) < 4.78 is 12.4. The molecule has 2 saturated heterocycles. The van der Waals surface area contributed by atoms with Gasteiger partial charge >= 0.3 is 0 Å². The second kappa shape index (κ2) is 2.17. The SMILES string of the molecule is FN1CC2(CCNCC2)C1. The molecule has 2 aliphatic heterocycles. The molecule has 2 aliphatic rings. The predicted molar refractivity (Wildman–Crippen MR) is 37.2 cm³/mol. The van der Waals surface area contributed by atoms with E-state index in [-0.39, 0.29) is 0 Å². The molecule has 0 radical (unpaired) electrons. The van der Waals surface area contributed by atoms with Crippen molar-refractivity contribution in [2.24, 2.45) is 5.41 Å². The van der Waals surface area contributed by atoms with Gasteiger partial charge in [0.1, 0.15) is 0 Å². The smallest absolute Gasteiger partial charge is 0.0361 e. The van der Waals surface area contributed by atoms with Crippen molar-refractivity contribution < 1.29 is 4.48 Å². The molecule has 2 rings (SSSR count). The molecule has 1 spiro atoms. The van der Waals surface area contributed by atoms with Crippen molar-refractivity contribution in [3.8, 4) is 0 Å². The molecule has 0 atom stereocenters. The highest BCUT2D eigenvalue weighted by atomic mass is 19.2. The number of piperidine rings is 1. The quantitative estimate of drug-likeness (QED) is 0.500. The summed E-state index contributed by atoms with van der Waals surface area (Å²) in [5.74, 6) is 0. The fraction of sp³-hybridized carbons (Fsp3) is 1.00. The number of hydrogen-bond acceptors (Lipinski definition) is 2. The zero-order valence-electron chi connectivity index (χ0n) is 6.07. The number of nitrogens with zero attached hydrogens (tertiary/aromatic N) is 1.